The molecule has 7 heteroatoms. The van der Waals surface area contributed by atoms with E-state index < -0.39 is 0 Å². The highest BCUT2D eigenvalue weighted by atomic mass is 32.1. The normalized spacial score (nSPS) is 12.9. The summed E-state index contributed by atoms with van der Waals surface area (Å²) in [5.41, 5.74) is 5.55. The van der Waals surface area contributed by atoms with Gasteiger partial charge in [0.1, 0.15) is 0 Å². The number of tetrazole rings is 1. The van der Waals surface area contributed by atoms with Crippen molar-refractivity contribution in [1.82, 2.24) is 25.2 Å². The summed E-state index contributed by atoms with van der Waals surface area (Å²) >= 11 is 1.62. The zero-order valence-corrected chi connectivity index (χ0v) is 8.48. The van der Waals surface area contributed by atoms with Crippen molar-refractivity contribution < 1.29 is 0 Å². The molecule has 2 aromatic heterocycles. The summed E-state index contributed by atoms with van der Waals surface area (Å²) in [7, 11) is 0. The first-order valence-corrected chi connectivity index (χ1v) is 5.06. The number of nitrogens with two attached hydrogens (primary N) is 1. The fourth-order valence-corrected chi connectivity index (χ4v) is 1.85. The van der Waals surface area contributed by atoms with Crippen LogP contribution in [0.15, 0.2) is 11.6 Å². The number of nitrogens with zero attached hydrogens (tertiary/aromatic N) is 5. The molecule has 0 aromatic carbocycles. The molecule has 0 fully saturated rings. The maximum Gasteiger partial charge on any atom is 0.240 e. The Morgan fingerprint density at radius 2 is 2.50 bits per heavy atom. The number of anilines is 1. The molecule has 2 aromatic rings. The van der Waals surface area contributed by atoms with Gasteiger partial charge in [0.15, 0.2) is 0 Å². The summed E-state index contributed by atoms with van der Waals surface area (Å²) in [6.07, 6.45) is 1.79. The molecule has 0 saturated carbocycles. The molecule has 2 N–H and O–H groups in total. The van der Waals surface area contributed by atoms with E-state index in [1.54, 1.807) is 22.2 Å². The highest BCUT2D eigenvalue weighted by Gasteiger charge is 2.11. The minimum atomic E-state index is 0.279. The molecule has 6 nitrogen and oxygen atoms in total. The molecule has 2 heterocycles. The Bertz CT molecular complexity index is 394. The summed E-state index contributed by atoms with van der Waals surface area (Å²) in [5.74, 6) is 0.620. The average molecular weight is 210 g/mol. The van der Waals surface area contributed by atoms with E-state index in [9.17, 15) is 0 Å². The standard InChI is InChI=1S/C7H10N6S/c1-5(6-9-2-3-14-6)4-13-7(8)10-11-12-13/h2-3,5H,4H2,1H3,(H2,8,10,12). The highest BCUT2D eigenvalue weighted by molar-refractivity contribution is 7.09. The molecule has 1 unspecified atom stereocenters. The molecular formula is C7H10N6S. The average Bonchev–Trinajstić information content (AvgIpc) is 2.77. The first-order valence-electron chi connectivity index (χ1n) is 4.18. The summed E-state index contributed by atoms with van der Waals surface area (Å²) < 4.78 is 1.58. The molecule has 0 bridgehead atoms. The van der Waals surface area contributed by atoms with Crippen LogP contribution in [-0.2, 0) is 6.54 Å². The molecule has 0 radical (unpaired) electrons. The second-order valence-electron chi connectivity index (χ2n) is 2.99. The van der Waals surface area contributed by atoms with Crippen LogP contribution in [0.4, 0.5) is 5.95 Å². The van der Waals surface area contributed by atoms with Crippen LogP contribution in [0.5, 0.6) is 0 Å². The number of hydrogen-bond acceptors (Lipinski definition) is 6. The fourth-order valence-electron chi connectivity index (χ4n) is 1.16. The van der Waals surface area contributed by atoms with Crippen molar-refractivity contribution >= 4 is 17.3 Å². The third kappa shape index (κ3) is 1.72. The minimum Gasteiger partial charge on any atom is -0.367 e. The summed E-state index contributed by atoms with van der Waals surface area (Å²) in [5, 5.41) is 13.9. The molecule has 0 aliphatic carbocycles. The van der Waals surface area contributed by atoms with Crippen molar-refractivity contribution in [1.29, 1.82) is 0 Å². The van der Waals surface area contributed by atoms with E-state index in [1.807, 2.05) is 5.38 Å². The molecule has 0 aliphatic heterocycles. The second kappa shape index (κ2) is 3.70. The van der Waals surface area contributed by atoms with Crippen LogP contribution < -0.4 is 5.73 Å². The van der Waals surface area contributed by atoms with E-state index in [0.29, 0.717) is 12.5 Å². The number of hydrogen-bond donors (Lipinski definition) is 1. The van der Waals surface area contributed by atoms with Gasteiger partial charge in [-0.05, 0) is 10.4 Å². The van der Waals surface area contributed by atoms with Gasteiger partial charge in [-0.2, -0.15) is 0 Å². The third-order valence-corrected chi connectivity index (χ3v) is 2.89. The molecule has 2 rings (SSSR count). The number of aromatic nitrogens is 5. The van der Waals surface area contributed by atoms with E-state index in [1.165, 1.54) is 0 Å². The van der Waals surface area contributed by atoms with Crippen LogP contribution >= 0.6 is 11.3 Å². The SMILES string of the molecule is CC(Cn1nnnc1N)c1nccs1. The zero-order valence-electron chi connectivity index (χ0n) is 7.66. The number of nitrogen functional groups attached to an aromatic ring is 1. The zero-order chi connectivity index (χ0) is 9.97. The quantitative estimate of drug-likeness (QED) is 0.798. The summed E-state index contributed by atoms with van der Waals surface area (Å²) in [6.45, 7) is 2.73. The van der Waals surface area contributed by atoms with Gasteiger partial charge in [-0.25, -0.2) is 9.67 Å². The molecule has 14 heavy (non-hydrogen) atoms. The molecule has 74 valence electrons. The molecule has 0 amide bonds. The van der Waals surface area contributed by atoms with E-state index in [-0.39, 0.29) is 5.92 Å². The molecule has 0 saturated heterocycles. The lowest BCUT2D eigenvalue weighted by Gasteiger charge is -2.07. The summed E-state index contributed by atoms with van der Waals surface area (Å²) in [6, 6.07) is 0. The Morgan fingerprint density at radius 3 is 3.07 bits per heavy atom. The van der Waals surface area contributed by atoms with Gasteiger partial charge in [0.2, 0.25) is 5.95 Å². The minimum absolute atomic E-state index is 0.279. The lowest BCUT2D eigenvalue weighted by molar-refractivity contribution is 0.531. The predicted octanol–water partition coefficient (Wildman–Crippen LogP) is 0.515. The van der Waals surface area contributed by atoms with E-state index >= 15 is 0 Å². The van der Waals surface area contributed by atoms with Crippen molar-refractivity contribution in [3.63, 3.8) is 0 Å². The monoisotopic (exact) mass is 210 g/mol. The van der Waals surface area contributed by atoms with Crippen molar-refractivity contribution in [3.8, 4) is 0 Å². The van der Waals surface area contributed by atoms with Gasteiger partial charge in [0.05, 0.1) is 11.6 Å². The first kappa shape index (κ1) is 9.07. The van der Waals surface area contributed by atoms with Gasteiger partial charge in [0.25, 0.3) is 0 Å². The van der Waals surface area contributed by atoms with Gasteiger partial charge >= 0.3 is 0 Å². The van der Waals surface area contributed by atoms with Crippen LogP contribution in [0.25, 0.3) is 0 Å². The largest absolute Gasteiger partial charge is 0.367 e. The molecule has 0 spiro atoms. The number of thiazole rings is 1. The van der Waals surface area contributed by atoms with Gasteiger partial charge in [-0.1, -0.05) is 12.0 Å². The molecule has 1 atom stereocenters. The number of rotatable bonds is 3. The van der Waals surface area contributed by atoms with Crippen LogP contribution in [0, 0.1) is 0 Å². The van der Waals surface area contributed by atoms with Crippen LogP contribution in [0.2, 0.25) is 0 Å². The van der Waals surface area contributed by atoms with E-state index in [4.69, 9.17) is 5.73 Å². The van der Waals surface area contributed by atoms with Crippen molar-refractivity contribution in [2.75, 3.05) is 5.73 Å². The van der Waals surface area contributed by atoms with E-state index in [0.717, 1.165) is 5.01 Å². The van der Waals surface area contributed by atoms with E-state index in [2.05, 4.69) is 27.4 Å². The predicted molar refractivity (Wildman–Crippen MR) is 52.8 cm³/mol. The Morgan fingerprint density at radius 1 is 1.64 bits per heavy atom. The lowest BCUT2D eigenvalue weighted by atomic mass is 10.2. The Labute approximate surface area is 84.8 Å². The second-order valence-corrected chi connectivity index (χ2v) is 3.92. The van der Waals surface area contributed by atoms with Gasteiger partial charge in [0, 0.05) is 17.5 Å². The highest BCUT2D eigenvalue weighted by Crippen LogP contribution is 2.19. The Kier molecular flexibility index (Phi) is 2.40. The topological polar surface area (TPSA) is 82.5 Å². The third-order valence-electron chi connectivity index (χ3n) is 1.88. The van der Waals surface area contributed by atoms with Crippen molar-refractivity contribution in [2.24, 2.45) is 0 Å². The Hall–Kier alpha value is -1.50. The van der Waals surface area contributed by atoms with Gasteiger partial charge in [-0.15, -0.1) is 11.3 Å². The van der Waals surface area contributed by atoms with Crippen molar-refractivity contribution in [3.05, 3.63) is 16.6 Å². The molecule has 0 aliphatic rings. The molecular weight excluding hydrogens is 200 g/mol. The summed E-state index contributed by atoms with van der Waals surface area (Å²) in [4.78, 5) is 4.22. The smallest absolute Gasteiger partial charge is 0.240 e. The first-order chi connectivity index (χ1) is 6.77. The van der Waals surface area contributed by atoms with Crippen molar-refractivity contribution in [2.45, 2.75) is 19.4 Å². The lowest BCUT2D eigenvalue weighted by Crippen LogP contribution is -2.10. The Balaban J connectivity index is 2.09. The maximum atomic E-state index is 5.55. The van der Waals surface area contributed by atoms with Crippen LogP contribution in [0.1, 0.15) is 17.8 Å². The van der Waals surface area contributed by atoms with Gasteiger partial charge < -0.3 is 5.73 Å². The van der Waals surface area contributed by atoms with Gasteiger partial charge in [-0.3, -0.25) is 0 Å². The van der Waals surface area contributed by atoms with Crippen LogP contribution in [0.3, 0.4) is 0 Å². The van der Waals surface area contributed by atoms with Crippen LogP contribution in [-0.4, -0.2) is 25.2 Å². The maximum absolute atomic E-state index is 5.55. The fraction of sp³-hybridized carbons (Fsp3) is 0.429.